The number of nitrogens with one attached hydrogen (secondary N) is 2. The summed E-state index contributed by atoms with van der Waals surface area (Å²) in [4.78, 5) is 43.6. The summed E-state index contributed by atoms with van der Waals surface area (Å²) in [6.07, 6.45) is -0.439. The molecular formula is C19H30BrN5O4. The first-order chi connectivity index (χ1) is 13.2. The van der Waals surface area contributed by atoms with Crippen LogP contribution in [-0.4, -0.2) is 57.6 Å². The summed E-state index contributed by atoms with van der Waals surface area (Å²) >= 11 is 3.38. The molecule has 0 bridgehead atoms. The number of imidazole rings is 1. The van der Waals surface area contributed by atoms with Gasteiger partial charge in [-0.1, -0.05) is 20.8 Å². The molecule has 0 saturated heterocycles. The van der Waals surface area contributed by atoms with Crippen molar-refractivity contribution < 1.29 is 19.1 Å². The number of halogens is 1. The molecule has 9 nitrogen and oxygen atoms in total. The highest BCUT2D eigenvalue weighted by atomic mass is 79.9. The largest absolute Gasteiger partial charge is 0.444 e. The van der Waals surface area contributed by atoms with Crippen molar-refractivity contribution in [2.75, 3.05) is 13.6 Å². The maximum Gasteiger partial charge on any atom is 0.410 e. The Morgan fingerprint density at radius 3 is 2.28 bits per heavy atom. The number of nitrogens with zero attached hydrogens (tertiary/aromatic N) is 3. The van der Waals surface area contributed by atoms with Crippen molar-refractivity contribution in [3.63, 3.8) is 0 Å². The third-order valence-corrected chi connectivity index (χ3v) is 5.08. The number of likely N-dealkylation sites (N-methyl/N-ethyl adjacent to an activating group) is 1. The number of fused-ring (bicyclic) bond motifs is 1. The van der Waals surface area contributed by atoms with E-state index < -0.39 is 29.1 Å². The van der Waals surface area contributed by atoms with E-state index in [-0.39, 0.29) is 18.1 Å². The number of hydrogen-bond acceptors (Lipinski definition) is 5. The Labute approximate surface area is 179 Å². The molecule has 1 aromatic rings. The lowest BCUT2D eigenvalue weighted by Gasteiger charge is -2.32. The number of carbonyl (C=O) groups is 3. The molecule has 0 saturated carbocycles. The number of hydrogen-bond donors (Lipinski definition) is 2. The van der Waals surface area contributed by atoms with Crippen LogP contribution in [0.4, 0.5) is 4.79 Å². The fraction of sp³-hybridized carbons (Fsp3) is 0.684. The van der Waals surface area contributed by atoms with Gasteiger partial charge in [-0.2, -0.15) is 0 Å². The number of carbonyl (C=O) groups excluding carboxylic acids is 3. The van der Waals surface area contributed by atoms with Gasteiger partial charge in [0.2, 0.25) is 5.91 Å². The van der Waals surface area contributed by atoms with E-state index in [1.54, 1.807) is 25.7 Å². The predicted molar refractivity (Wildman–Crippen MR) is 111 cm³/mol. The lowest BCUT2D eigenvalue weighted by molar-refractivity contribution is -0.124. The molecule has 3 amide bonds. The Kier molecular flexibility index (Phi) is 6.66. The van der Waals surface area contributed by atoms with E-state index in [1.807, 2.05) is 25.3 Å². The van der Waals surface area contributed by atoms with Crippen molar-refractivity contribution in [3.05, 3.63) is 16.1 Å². The number of ether oxygens (including phenoxy) is 1. The number of amides is 3. The summed E-state index contributed by atoms with van der Waals surface area (Å²) in [6.45, 7) is 12.1. The molecule has 1 unspecified atom stereocenters. The van der Waals surface area contributed by atoms with Gasteiger partial charge < -0.3 is 24.8 Å². The van der Waals surface area contributed by atoms with Crippen LogP contribution < -0.4 is 10.6 Å². The van der Waals surface area contributed by atoms with Crippen molar-refractivity contribution in [2.24, 2.45) is 5.41 Å². The fourth-order valence-corrected chi connectivity index (χ4v) is 3.58. The maximum atomic E-state index is 13.0. The van der Waals surface area contributed by atoms with Crippen LogP contribution in [0.5, 0.6) is 0 Å². The zero-order valence-electron chi connectivity index (χ0n) is 18.1. The average molecular weight is 472 g/mol. The van der Waals surface area contributed by atoms with E-state index in [1.165, 1.54) is 7.05 Å². The van der Waals surface area contributed by atoms with Gasteiger partial charge in [0.1, 0.15) is 11.6 Å². The second-order valence-corrected chi connectivity index (χ2v) is 9.83. The van der Waals surface area contributed by atoms with Gasteiger partial charge in [-0.3, -0.25) is 9.59 Å². The molecule has 29 heavy (non-hydrogen) atoms. The monoisotopic (exact) mass is 471 g/mol. The molecule has 1 atom stereocenters. The average Bonchev–Trinajstić information content (AvgIpc) is 2.92. The van der Waals surface area contributed by atoms with E-state index in [4.69, 9.17) is 4.74 Å². The summed E-state index contributed by atoms with van der Waals surface area (Å²) < 4.78 is 7.80. The molecule has 2 rings (SSSR count). The van der Waals surface area contributed by atoms with Crippen molar-refractivity contribution in [1.29, 1.82) is 0 Å². The summed E-state index contributed by atoms with van der Waals surface area (Å²) in [5.74, 6) is -0.748. The third kappa shape index (κ3) is 5.49. The lowest BCUT2D eigenvalue weighted by Crippen LogP contribution is -2.53. The third-order valence-electron chi connectivity index (χ3n) is 4.48. The first-order valence-corrected chi connectivity index (χ1v) is 10.3. The van der Waals surface area contributed by atoms with Crippen LogP contribution in [-0.2, 0) is 22.6 Å². The topological polar surface area (TPSA) is 106 Å². The fourth-order valence-electron chi connectivity index (χ4n) is 3.01. The first kappa shape index (κ1) is 23.2. The lowest BCUT2D eigenvalue weighted by atomic mass is 9.86. The Hall–Kier alpha value is -2.10. The maximum absolute atomic E-state index is 13.0. The molecule has 1 aliphatic rings. The molecule has 0 aliphatic carbocycles. The first-order valence-electron chi connectivity index (χ1n) is 9.50. The SMILES string of the molecule is CNC(=O)C(NC(=O)c1nc(Br)n2c1CN(C(=O)OC(C)(C)C)CC2)C(C)(C)C. The zero-order valence-corrected chi connectivity index (χ0v) is 19.6. The van der Waals surface area contributed by atoms with E-state index in [2.05, 4.69) is 31.5 Å². The van der Waals surface area contributed by atoms with Crippen molar-refractivity contribution >= 4 is 33.8 Å². The molecule has 2 N–H and O–H groups in total. The van der Waals surface area contributed by atoms with Crippen LogP contribution in [0, 0.1) is 5.41 Å². The second kappa shape index (κ2) is 8.33. The van der Waals surface area contributed by atoms with Crippen LogP contribution in [0.2, 0.25) is 0 Å². The van der Waals surface area contributed by atoms with Crippen LogP contribution in [0.1, 0.15) is 57.7 Å². The highest BCUT2D eigenvalue weighted by Crippen LogP contribution is 2.25. The summed E-state index contributed by atoms with van der Waals surface area (Å²) in [5, 5.41) is 5.37. The second-order valence-electron chi connectivity index (χ2n) is 9.12. The highest BCUT2D eigenvalue weighted by Gasteiger charge is 2.35. The Morgan fingerprint density at radius 1 is 1.14 bits per heavy atom. The summed E-state index contributed by atoms with van der Waals surface area (Å²) in [5.41, 5.74) is -0.322. The van der Waals surface area contributed by atoms with Gasteiger partial charge in [-0.15, -0.1) is 0 Å². The molecule has 0 fully saturated rings. The highest BCUT2D eigenvalue weighted by molar-refractivity contribution is 9.10. The molecule has 0 aromatic carbocycles. The van der Waals surface area contributed by atoms with Crippen LogP contribution in [0.25, 0.3) is 0 Å². The molecule has 162 valence electrons. The summed E-state index contributed by atoms with van der Waals surface area (Å²) in [6, 6.07) is -0.735. The minimum atomic E-state index is -0.735. The smallest absolute Gasteiger partial charge is 0.410 e. The Balaban J connectivity index is 2.27. The van der Waals surface area contributed by atoms with E-state index in [0.717, 1.165) is 0 Å². The van der Waals surface area contributed by atoms with Gasteiger partial charge >= 0.3 is 6.09 Å². The molecule has 1 aliphatic heterocycles. The molecular weight excluding hydrogens is 442 g/mol. The van der Waals surface area contributed by atoms with Gasteiger partial charge in [0, 0.05) is 20.1 Å². The molecule has 2 heterocycles. The van der Waals surface area contributed by atoms with Gasteiger partial charge in [0.05, 0.1) is 12.2 Å². The van der Waals surface area contributed by atoms with E-state index in [9.17, 15) is 14.4 Å². The molecule has 1 aromatic heterocycles. The van der Waals surface area contributed by atoms with Crippen LogP contribution in [0.15, 0.2) is 4.73 Å². The number of aromatic nitrogens is 2. The van der Waals surface area contributed by atoms with Crippen LogP contribution in [0.3, 0.4) is 0 Å². The van der Waals surface area contributed by atoms with Crippen molar-refractivity contribution in [1.82, 2.24) is 25.1 Å². The molecule has 10 heteroatoms. The van der Waals surface area contributed by atoms with E-state index >= 15 is 0 Å². The van der Waals surface area contributed by atoms with Gasteiger partial charge in [0.25, 0.3) is 5.91 Å². The number of rotatable bonds is 3. The van der Waals surface area contributed by atoms with Crippen molar-refractivity contribution in [3.8, 4) is 0 Å². The zero-order chi connectivity index (χ0) is 22.1. The minimum absolute atomic E-state index is 0.184. The Bertz CT molecular complexity index is 807. The standard InChI is InChI=1S/C19H30BrN5O4/c1-18(2,3)13(15(27)21-7)23-14(26)12-11-10-24(17(28)29-19(4,5)6)8-9-25(11)16(20)22-12/h13H,8-10H2,1-7H3,(H,21,27)(H,23,26). The molecule has 0 radical (unpaired) electrons. The van der Waals surface area contributed by atoms with Crippen LogP contribution >= 0.6 is 15.9 Å². The van der Waals surface area contributed by atoms with Gasteiger partial charge in [-0.25, -0.2) is 9.78 Å². The van der Waals surface area contributed by atoms with Gasteiger partial charge in [0.15, 0.2) is 10.4 Å². The quantitative estimate of drug-likeness (QED) is 0.703. The minimum Gasteiger partial charge on any atom is -0.444 e. The normalized spacial score (nSPS) is 15.4. The van der Waals surface area contributed by atoms with Gasteiger partial charge in [-0.05, 0) is 42.1 Å². The predicted octanol–water partition coefficient (Wildman–Crippen LogP) is 2.29. The Morgan fingerprint density at radius 2 is 1.76 bits per heavy atom. The van der Waals surface area contributed by atoms with Crippen molar-refractivity contribution in [2.45, 2.75) is 66.3 Å². The molecule has 0 spiro atoms. The summed E-state index contributed by atoms with van der Waals surface area (Å²) in [7, 11) is 1.53. The van der Waals surface area contributed by atoms with E-state index in [0.29, 0.717) is 23.5 Å².